The summed E-state index contributed by atoms with van der Waals surface area (Å²) in [5.74, 6) is 0.0346. The molecule has 3 aromatic carbocycles. The minimum absolute atomic E-state index is 0.0712. The fourth-order valence-corrected chi connectivity index (χ4v) is 3.54. The third kappa shape index (κ3) is 6.13. The third-order valence-corrected chi connectivity index (χ3v) is 5.30. The monoisotopic (exact) mass is 503 g/mol. The number of rotatable bonds is 6. The summed E-state index contributed by atoms with van der Waals surface area (Å²) in [6.07, 6.45) is 0. The van der Waals surface area contributed by atoms with E-state index in [1.165, 1.54) is 20.3 Å². The van der Waals surface area contributed by atoms with Crippen LogP contribution < -0.4 is 25.4 Å². The van der Waals surface area contributed by atoms with Gasteiger partial charge in [0.2, 0.25) is 0 Å². The molecule has 170 valence electrons. The van der Waals surface area contributed by atoms with E-state index in [-0.39, 0.29) is 11.0 Å². The van der Waals surface area contributed by atoms with Crippen molar-refractivity contribution in [2.75, 3.05) is 24.9 Å². The van der Waals surface area contributed by atoms with E-state index >= 15 is 0 Å². The highest BCUT2D eigenvalue weighted by Crippen LogP contribution is 2.29. The molecule has 0 unspecified atom stereocenters. The van der Waals surface area contributed by atoms with Crippen molar-refractivity contribution in [2.24, 2.45) is 0 Å². The predicted molar refractivity (Wildman–Crippen MR) is 134 cm³/mol. The molecule has 0 heterocycles. The van der Waals surface area contributed by atoms with Gasteiger partial charge in [-0.2, -0.15) is 0 Å². The number of hydrogen-bond acceptors (Lipinski definition) is 5. The molecule has 0 radical (unpaired) electrons. The van der Waals surface area contributed by atoms with Crippen LogP contribution in [-0.2, 0) is 0 Å². The summed E-state index contributed by atoms with van der Waals surface area (Å²) < 4.78 is 10.5. The maximum Gasteiger partial charge on any atom is 0.257 e. The molecular weight excluding hydrogens is 485 g/mol. The Hall–Kier alpha value is -3.33. The number of carbonyl (C=O) groups is 2. The minimum Gasteiger partial charge on any atom is -0.495 e. The SMILES string of the molecule is COc1ccc(C(=O)NC(=S)Nc2ccc(NC(=O)c3ccccc3Cl)c(OC)c2)cc1Cl. The van der Waals surface area contributed by atoms with Crippen LogP contribution in [0.25, 0.3) is 0 Å². The highest BCUT2D eigenvalue weighted by atomic mass is 35.5. The van der Waals surface area contributed by atoms with Crippen LogP contribution in [0.2, 0.25) is 10.0 Å². The van der Waals surface area contributed by atoms with Crippen molar-refractivity contribution < 1.29 is 19.1 Å². The maximum absolute atomic E-state index is 12.5. The molecule has 7 nitrogen and oxygen atoms in total. The molecule has 33 heavy (non-hydrogen) atoms. The van der Waals surface area contributed by atoms with Crippen molar-refractivity contribution in [3.05, 3.63) is 81.8 Å². The van der Waals surface area contributed by atoms with Crippen LogP contribution in [0.1, 0.15) is 20.7 Å². The third-order valence-electron chi connectivity index (χ3n) is 4.47. The van der Waals surface area contributed by atoms with Crippen LogP contribution in [0.5, 0.6) is 11.5 Å². The van der Waals surface area contributed by atoms with Crippen molar-refractivity contribution in [1.29, 1.82) is 0 Å². The molecule has 0 fully saturated rings. The summed E-state index contributed by atoms with van der Waals surface area (Å²) in [5, 5.41) is 8.97. The standard InChI is InChI=1S/C23H19Cl2N3O4S/c1-31-19-10-7-13(11-17(19)25)21(29)28-23(33)26-14-8-9-18(20(12-14)32-2)27-22(30)15-5-3-4-6-16(15)24/h3-12H,1-2H3,(H,27,30)(H2,26,28,29,33). The number of thiocarbonyl (C=S) groups is 1. The molecule has 0 aliphatic rings. The number of carbonyl (C=O) groups excluding carboxylic acids is 2. The van der Waals surface area contributed by atoms with E-state index in [0.717, 1.165) is 0 Å². The zero-order valence-corrected chi connectivity index (χ0v) is 19.9. The minimum atomic E-state index is -0.437. The molecule has 3 N–H and O–H groups in total. The van der Waals surface area contributed by atoms with Crippen LogP contribution in [-0.4, -0.2) is 31.1 Å². The van der Waals surface area contributed by atoms with Crippen molar-refractivity contribution in [3.8, 4) is 11.5 Å². The first-order valence-corrected chi connectivity index (χ1v) is 10.7. The van der Waals surface area contributed by atoms with Gasteiger partial charge in [0.15, 0.2) is 5.11 Å². The predicted octanol–water partition coefficient (Wildman–Crippen LogP) is 5.39. The fraction of sp³-hybridized carbons (Fsp3) is 0.0870. The van der Waals surface area contributed by atoms with E-state index in [4.69, 9.17) is 44.9 Å². The smallest absolute Gasteiger partial charge is 0.257 e. The number of hydrogen-bond donors (Lipinski definition) is 3. The lowest BCUT2D eigenvalue weighted by molar-refractivity contribution is 0.0976. The van der Waals surface area contributed by atoms with Crippen molar-refractivity contribution >= 4 is 63.7 Å². The van der Waals surface area contributed by atoms with Gasteiger partial charge in [0, 0.05) is 17.3 Å². The van der Waals surface area contributed by atoms with Crippen LogP contribution in [0.3, 0.4) is 0 Å². The fourth-order valence-electron chi connectivity index (χ4n) is 2.85. The zero-order chi connectivity index (χ0) is 24.0. The van der Waals surface area contributed by atoms with Gasteiger partial charge in [-0.15, -0.1) is 0 Å². The van der Waals surface area contributed by atoms with E-state index in [2.05, 4.69) is 16.0 Å². The largest absolute Gasteiger partial charge is 0.495 e. The Morgan fingerprint density at radius 3 is 2.21 bits per heavy atom. The van der Waals surface area contributed by atoms with Gasteiger partial charge in [0.05, 0.1) is 35.5 Å². The highest BCUT2D eigenvalue weighted by Gasteiger charge is 2.14. The van der Waals surface area contributed by atoms with E-state index in [1.54, 1.807) is 54.6 Å². The molecular formula is C23H19Cl2N3O4S. The van der Waals surface area contributed by atoms with Crippen LogP contribution in [0.15, 0.2) is 60.7 Å². The van der Waals surface area contributed by atoms with Gasteiger partial charge in [-0.3, -0.25) is 14.9 Å². The Kier molecular flexibility index (Phi) is 8.11. The average Bonchev–Trinajstić information content (AvgIpc) is 2.80. The first-order chi connectivity index (χ1) is 15.8. The number of benzene rings is 3. The summed E-state index contributed by atoms with van der Waals surface area (Å²) in [6.45, 7) is 0. The Morgan fingerprint density at radius 1 is 0.818 bits per heavy atom. The van der Waals surface area contributed by atoms with Crippen LogP contribution >= 0.6 is 35.4 Å². The first-order valence-electron chi connectivity index (χ1n) is 9.52. The van der Waals surface area contributed by atoms with Gasteiger partial charge in [-0.1, -0.05) is 35.3 Å². The quantitative estimate of drug-likeness (QED) is 0.390. The van der Waals surface area contributed by atoms with Crippen molar-refractivity contribution in [2.45, 2.75) is 0 Å². The molecule has 0 aromatic heterocycles. The van der Waals surface area contributed by atoms with Crippen LogP contribution in [0, 0.1) is 0 Å². The molecule has 0 bridgehead atoms. The molecule has 0 saturated carbocycles. The summed E-state index contributed by atoms with van der Waals surface area (Å²) in [5.41, 5.74) is 1.64. The Bertz CT molecular complexity index is 1220. The van der Waals surface area contributed by atoms with Gasteiger partial charge < -0.3 is 20.1 Å². The molecule has 2 amide bonds. The maximum atomic E-state index is 12.5. The van der Waals surface area contributed by atoms with Crippen LogP contribution in [0.4, 0.5) is 11.4 Å². The number of anilines is 2. The molecule has 10 heteroatoms. The van der Waals surface area contributed by atoms with Gasteiger partial charge in [-0.05, 0) is 54.7 Å². The summed E-state index contributed by atoms with van der Waals surface area (Å²) in [7, 11) is 2.96. The lowest BCUT2D eigenvalue weighted by Crippen LogP contribution is -2.34. The normalized spacial score (nSPS) is 10.2. The van der Waals surface area contributed by atoms with Gasteiger partial charge in [-0.25, -0.2) is 0 Å². The van der Waals surface area contributed by atoms with E-state index in [1.807, 2.05) is 0 Å². The Labute approximate surface area is 206 Å². The molecule has 0 aliphatic heterocycles. The summed E-state index contributed by atoms with van der Waals surface area (Å²) in [6, 6.07) is 16.3. The number of ether oxygens (including phenoxy) is 2. The molecule has 0 atom stereocenters. The van der Waals surface area contributed by atoms with Gasteiger partial charge >= 0.3 is 0 Å². The molecule has 3 aromatic rings. The Balaban J connectivity index is 1.67. The number of nitrogens with one attached hydrogen (secondary N) is 3. The molecule has 0 aliphatic carbocycles. The second-order valence-electron chi connectivity index (χ2n) is 6.61. The highest BCUT2D eigenvalue weighted by molar-refractivity contribution is 7.80. The van der Waals surface area contributed by atoms with Crippen molar-refractivity contribution in [3.63, 3.8) is 0 Å². The van der Waals surface area contributed by atoms with E-state index in [0.29, 0.717) is 44.0 Å². The second-order valence-corrected chi connectivity index (χ2v) is 7.83. The number of halogens is 2. The second kappa shape index (κ2) is 11.0. The number of methoxy groups -OCH3 is 2. The molecule has 0 saturated heterocycles. The summed E-state index contributed by atoms with van der Waals surface area (Å²) in [4.78, 5) is 25.0. The number of amides is 2. The zero-order valence-electron chi connectivity index (χ0n) is 17.6. The van der Waals surface area contributed by atoms with E-state index < -0.39 is 5.91 Å². The topological polar surface area (TPSA) is 88.7 Å². The summed E-state index contributed by atoms with van der Waals surface area (Å²) >= 11 is 17.4. The van der Waals surface area contributed by atoms with Gasteiger partial charge in [0.25, 0.3) is 11.8 Å². The first kappa shape index (κ1) is 24.3. The van der Waals surface area contributed by atoms with E-state index in [9.17, 15) is 9.59 Å². The molecule has 0 spiro atoms. The lowest BCUT2D eigenvalue weighted by atomic mass is 10.2. The molecule has 3 rings (SSSR count). The Morgan fingerprint density at radius 2 is 1.55 bits per heavy atom. The average molecular weight is 504 g/mol. The van der Waals surface area contributed by atoms with Gasteiger partial charge in [0.1, 0.15) is 11.5 Å². The lowest BCUT2D eigenvalue weighted by Gasteiger charge is -2.14. The van der Waals surface area contributed by atoms with Crippen molar-refractivity contribution in [1.82, 2.24) is 5.32 Å².